The molecule has 2 atom stereocenters. The first-order chi connectivity index (χ1) is 9.76. The van der Waals surface area contributed by atoms with Gasteiger partial charge in [0.25, 0.3) is 0 Å². The highest BCUT2D eigenvalue weighted by molar-refractivity contribution is 5.40. The monoisotopic (exact) mass is 277 g/mol. The fourth-order valence-corrected chi connectivity index (χ4v) is 3.20. The van der Waals surface area contributed by atoms with Crippen LogP contribution in [0.15, 0.2) is 18.2 Å². The highest BCUT2D eigenvalue weighted by Gasteiger charge is 2.21. The molecule has 2 unspecified atom stereocenters. The third-order valence-corrected chi connectivity index (χ3v) is 4.26. The van der Waals surface area contributed by atoms with Gasteiger partial charge in [-0.15, -0.1) is 0 Å². The van der Waals surface area contributed by atoms with Crippen molar-refractivity contribution in [1.29, 1.82) is 0 Å². The summed E-state index contributed by atoms with van der Waals surface area (Å²) in [5, 5.41) is 3.62. The summed E-state index contributed by atoms with van der Waals surface area (Å²) in [4.78, 5) is 0. The zero-order chi connectivity index (χ0) is 14.4. The first kappa shape index (κ1) is 15.2. The number of hydrogen-bond donors (Lipinski definition) is 1. The van der Waals surface area contributed by atoms with E-state index in [0.717, 1.165) is 18.0 Å². The Hall–Kier alpha value is -1.22. The maximum absolute atomic E-state index is 5.40. The maximum Gasteiger partial charge on any atom is 0.122 e. The molecular weight excluding hydrogens is 250 g/mol. The van der Waals surface area contributed by atoms with Crippen molar-refractivity contribution in [2.45, 2.75) is 51.0 Å². The van der Waals surface area contributed by atoms with Crippen LogP contribution >= 0.6 is 0 Å². The quantitative estimate of drug-likeness (QED) is 0.832. The van der Waals surface area contributed by atoms with E-state index in [1.54, 1.807) is 14.2 Å². The number of rotatable bonds is 5. The van der Waals surface area contributed by atoms with E-state index >= 15 is 0 Å². The zero-order valence-corrected chi connectivity index (χ0v) is 12.9. The number of methoxy groups -OCH3 is 2. The molecule has 112 valence electrons. The molecule has 1 saturated carbocycles. The van der Waals surface area contributed by atoms with Gasteiger partial charge in [-0.25, -0.2) is 0 Å². The molecule has 1 aliphatic rings. The topological polar surface area (TPSA) is 30.5 Å². The van der Waals surface area contributed by atoms with E-state index in [1.807, 2.05) is 6.07 Å². The van der Waals surface area contributed by atoms with Gasteiger partial charge in [-0.05, 0) is 49.4 Å². The minimum absolute atomic E-state index is 0.602. The lowest BCUT2D eigenvalue weighted by molar-refractivity contribution is 0.390. The van der Waals surface area contributed by atoms with Crippen LogP contribution < -0.4 is 14.8 Å². The highest BCUT2D eigenvalue weighted by atomic mass is 16.5. The summed E-state index contributed by atoms with van der Waals surface area (Å²) in [6, 6.07) is 6.93. The Kier molecular flexibility index (Phi) is 5.72. The maximum atomic E-state index is 5.40. The van der Waals surface area contributed by atoms with Crippen molar-refractivity contribution in [3.63, 3.8) is 0 Å². The van der Waals surface area contributed by atoms with Gasteiger partial charge < -0.3 is 14.8 Å². The van der Waals surface area contributed by atoms with Crippen molar-refractivity contribution in [2.75, 3.05) is 20.8 Å². The lowest BCUT2D eigenvalue weighted by atomic mass is 9.90. The smallest absolute Gasteiger partial charge is 0.122 e. The van der Waals surface area contributed by atoms with Gasteiger partial charge in [0.15, 0.2) is 0 Å². The van der Waals surface area contributed by atoms with Crippen molar-refractivity contribution in [1.82, 2.24) is 5.32 Å². The molecule has 3 nitrogen and oxygen atoms in total. The second kappa shape index (κ2) is 7.53. The summed E-state index contributed by atoms with van der Waals surface area (Å²) in [5.74, 6) is 2.39. The van der Waals surface area contributed by atoms with Crippen molar-refractivity contribution < 1.29 is 9.47 Å². The van der Waals surface area contributed by atoms with Crippen molar-refractivity contribution in [2.24, 2.45) is 0 Å². The third-order valence-electron chi connectivity index (χ3n) is 4.26. The molecule has 0 aromatic heterocycles. The molecule has 0 saturated heterocycles. The molecule has 3 heteroatoms. The Bertz CT molecular complexity index is 397. The van der Waals surface area contributed by atoms with Crippen LogP contribution in [-0.4, -0.2) is 26.8 Å². The summed E-state index contributed by atoms with van der Waals surface area (Å²) in [6.07, 6.45) is 6.41. The van der Waals surface area contributed by atoms with E-state index in [1.165, 1.54) is 37.7 Å². The molecule has 0 bridgehead atoms. The Balaban J connectivity index is 2.19. The van der Waals surface area contributed by atoms with Gasteiger partial charge >= 0.3 is 0 Å². The number of ether oxygens (including phenoxy) is 2. The number of hydrogen-bond acceptors (Lipinski definition) is 3. The predicted octanol–water partition coefficient (Wildman–Crippen LogP) is 3.73. The van der Waals surface area contributed by atoms with Crippen LogP contribution in [0.4, 0.5) is 0 Å². The van der Waals surface area contributed by atoms with Gasteiger partial charge in [-0.1, -0.05) is 19.8 Å². The van der Waals surface area contributed by atoms with Crippen molar-refractivity contribution in [3.8, 4) is 11.5 Å². The first-order valence-corrected chi connectivity index (χ1v) is 7.73. The molecule has 1 fully saturated rings. The fraction of sp³-hybridized carbons (Fsp3) is 0.647. The van der Waals surface area contributed by atoms with Crippen LogP contribution in [0.2, 0.25) is 0 Å². The molecule has 0 aliphatic heterocycles. The predicted molar refractivity (Wildman–Crippen MR) is 82.8 cm³/mol. The van der Waals surface area contributed by atoms with Crippen LogP contribution in [0, 0.1) is 0 Å². The summed E-state index contributed by atoms with van der Waals surface area (Å²) in [6.45, 7) is 3.24. The minimum atomic E-state index is 0.602. The van der Waals surface area contributed by atoms with E-state index in [9.17, 15) is 0 Å². The van der Waals surface area contributed by atoms with E-state index < -0.39 is 0 Å². The Morgan fingerprint density at radius 2 is 1.70 bits per heavy atom. The van der Waals surface area contributed by atoms with Crippen LogP contribution in [0.3, 0.4) is 0 Å². The minimum Gasteiger partial charge on any atom is -0.497 e. The molecule has 20 heavy (non-hydrogen) atoms. The van der Waals surface area contributed by atoms with E-state index in [4.69, 9.17) is 9.47 Å². The summed E-state index contributed by atoms with van der Waals surface area (Å²) in [5.41, 5.74) is 1.35. The number of benzene rings is 1. The van der Waals surface area contributed by atoms with Crippen molar-refractivity contribution >= 4 is 0 Å². The van der Waals surface area contributed by atoms with Gasteiger partial charge in [0.05, 0.1) is 14.2 Å². The standard InChI is InChI=1S/C17H27NO2/c1-4-18-15-8-6-5-7-13(9-15)14-10-16(19-2)12-17(11-14)20-3/h10-13,15,18H,4-9H2,1-3H3. The van der Waals surface area contributed by atoms with Crippen LogP contribution in [0.5, 0.6) is 11.5 Å². The Morgan fingerprint density at radius 3 is 2.30 bits per heavy atom. The van der Waals surface area contributed by atoms with E-state index in [2.05, 4.69) is 24.4 Å². The molecule has 0 radical (unpaired) electrons. The molecular formula is C17H27NO2. The molecule has 1 aliphatic carbocycles. The number of nitrogens with one attached hydrogen (secondary N) is 1. The van der Waals surface area contributed by atoms with E-state index in [-0.39, 0.29) is 0 Å². The molecule has 1 aromatic carbocycles. The molecule has 0 heterocycles. The van der Waals surface area contributed by atoms with Crippen LogP contribution in [0.25, 0.3) is 0 Å². The summed E-state index contributed by atoms with van der Waals surface area (Å²) < 4.78 is 10.8. The van der Waals surface area contributed by atoms with Gasteiger partial charge in [0, 0.05) is 12.1 Å². The molecule has 0 amide bonds. The fourth-order valence-electron chi connectivity index (χ4n) is 3.20. The normalized spacial score (nSPS) is 23.1. The molecule has 2 rings (SSSR count). The van der Waals surface area contributed by atoms with Crippen LogP contribution in [0.1, 0.15) is 50.5 Å². The molecule has 1 N–H and O–H groups in total. The third kappa shape index (κ3) is 3.89. The van der Waals surface area contributed by atoms with E-state index in [0.29, 0.717) is 12.0 Å². The average molecular weight is 277 g/mol. The summed E-state index contributed by atoms with van der Waals surface area (Å²) >= 11 is 0. The Morgan fingerprint density at radius 1 is 1.05 bits per heavy atom. The second-order valence-electron chi connectivity index (χ2n) is 5.62. The average Bonchev–Trinajstić information content (AvgIpc) is 2.72. The van der Waals surface area contributed by atoms with Gasteiger partial charge in [-0.2, -0.15) is 0 Å². The molecule has 0 spiro atoms. The lowest BCUT2D eigenvalue weighted by Crippen LogP contribution is -2.29. The largest absolute Gasteiger partial charge is 0.497 e. The highest BCUT2D eigenvalue weighted by Crippen LogP contribution is 2.35. The zero-order valence-electron chi connectivity index (χ0n) is 12.9. The van der Waals surface area contributed by atoms with Crippen molar-refractivity contribution in [3.05, 3.63) is 23.8 Å². The van der Waals surface area contributed by atoms with Gasteiger partial charge in [-0.3, -0.25) is 0 Å². The van der Waals surface area contributed by atoms with Crippen LogP contribution in [-0.2, 0) is 0 Å². The summed E-state index contributed by atoms with van der Waals surface area (Å²) in [7, 11) is 3.43. The second-order valence-corrected chi connectivity index (χ2v) is 5.62. The lowest BCUT2D eigenvalue weighted by Gasteiger charge is -2.22. The SMILES string of the molecule is CCNC1CCCCC(c2cc(OC)cc(OC)c2)C1. The van der Waals surface area contributed by atoms with Gasteiger partial charge in [0.2, 0.25) is 0 Å². The molecule has 1 aromatic rings. The Labute approximate surface area is 122 Å². The first-order valence-electron chi connectivity index (χ1n) is 7.73. The van der Waals surface area contributed by atoms with Gasteiger partial charge in [0.1, 0.15) is 11.5 Å².